The minimum Gasteiger partial charge on any atom is -0.490 e. The van der Waals surface area contributed by atoms with Crippen molar-refractivity contribution in [1.82, 2.24) is 4.98 Å². The summed E-state index contributed by atoms with van der Waals surface area (Å²) >= 11 is 1.63. The molecule has 2 heterocycles. The van der Waals surface area contributed by atoms with Gasteiger partial charge in [-0.1, -0.05) is 54.6 Å². The third-order valence-electron chi connectivity index (χ3n) is 7.17. The van der Waals surface area contributed by atoms with Crippen LogP contribution in [-0.4, -0.2) is 17.0 Å². The Morgan fingerprint density at radius 2 is 1.75 bits per heavy atom. The second kappa shape index (κ2) is 8.95. The van der Waals surface area contributed by atoms with Crippen molar-refractivity contribution in [3.05, 3.63) is 100.0 Å². The van der Waals surface area contributed by atoms with Crippen LogP contribution in [0.2, 0.25) is 0 Å². The molecule has 0 aliphatic heterocycles. The van der Waals surface area contributed by atoms with Crippen molar-refractivity contribution in [2.75, 3.05) is 0 Å². The summed E-state index contributed by atoms with van der Waals surface area (Å²) in [7, 11) is 0. The predicted octanol–water partition coefficient (Wildman–Crippen LogP) is 7.96. The molecule has 0 spiro atoms. The molecule has 0 atom stereocenters. The van der Waals surface area contributed by atoms with E-state index in [0.717, 1.165) is 38.9 Å². The molecule has 6 heteroatoms. The van der Waals surface area contributed by atoms with Gasteiger partial charge in [-0.3, -0.25) is 4.79 Å². The first kappa shape index (κ1) is 22.6. The smallest absolute Gasteiger partial charge is 0.317 e. The summed E-state index contributed by atoms with van der Waals surface area (Å²) in [6.45, 7) is 4.02. The maximum Gasteiger partial charge on any atom is 0.317 e. The number of carbonyl (C=O) groups excluding carboxylic acids is 1. The Morgan fingerprint density at radius 1 is 1.00 bits per heavy atom. The summed E-state index contributed by atoms with van der Waals surface area (Å²) in [6, 6.07) is 24.2. The molecular formula is C30H24N2O3S. The molecule has 0 unspecified atom stereocenters. The number of hydrogen-bond donors (Lipinski definition) is 0. The molecule has 1 aliphatic rings. The Kier molecular flexibility index (Phi) is 5.61. The lowest BCUT2D eigenvalue weighted by Crippen LogP contribution is -2.32. The fraction of sp³-hybridized carbons (Fsp3) is 0.200. The van der Waals surface area contributed by atoms with Crippen molar-refractivity contribution >= 4 is 38.2 Å². The minimum atomic E-state index is -0.811. The van der Waals surface area contributed by atoms with E-state index < -0.39 is 5.91 Å². The van der Waals surface area contributed by atoms with E-state index in [1.54, 1.807) is 17.4 Å². The number of rotatable bonds is 5. The number of fused-ring (bicyclic) bond motifs is 2. The highest BCUT2D eigenvalue weighted by molar-refractivity contribution is 7.22. The summed E-state index contributed by atoms with van der Waals surface area (Å²) < 4.78 is 7.54. The van der Waals surface area contributed by atoms with Crippen molar-refractivity contribution in [3.8, 4) is 16.3 Å². The van der Waals surface area contributed by atoms with Crippen molar-refractivity contribution < 1.29 is 9.53 Å². The van der Waals surface area contributed by atoms with Crippen LogP contribution in [0.1, 0.15) is 45.8 Å². The molecule has 1 amide bonds. The third-order valence-corrected chi connectivity index (χ3v) is 8.47. The number of benzene rings is 3. The predicted molar refractivity (Wildman–Crippen MR) is 145 cm³/mol. The maximum absolute atomic E-state index is 12.8. The normalized spacial score (nSPS) is 17.2. The number of pyridine rings is 1. The van der Waals surface area contributed by atoms with E-state index in [-0.39, 0.29) is 11.7 Å². The molecule has 0 saturated heterocycles. The minimum absolute atomic E-state index is 0.0396. The molecule has 5 aromatic rings. The standard InChI is InChI=1S/C30H24N2O3S/c1-17-12-13-25(35-21-14-20(15-21)19-8-4-3-5-9-19)27-23(30(33)32-34)16-24(31-28(17)27)29-18(2)22-10-6-7-11-26(22)36-29/h3-13,16,20-21H,14-15H2,1-2H3. The number of nitrogens with zero attached hydrogens (tertiary/aromatic N) is 2. The van der Waals surface area contributed by atoms with Gasteiger partial charge >= 0.3 is 5.91 Å². The van der Waals surface area contributed by atoms with Crippen molar-refractivity contribution in [1.29, 1.82) is 0 Å². The summed E-state index contributed by atoms with van der Waals surface area (Å²) in [5, 5.41) is 4.50. The van der Waals surface area contributed by atoms with Crippen LogP contribution in [-0.2, 0) is 0 Å². The van der Waals surface area contributed by atoms with Crippen LogP contribution in [0.4, 0.5) is 0 Å². The zero-order valence-electron chi connectivity index (χ0n) is 20.0. The second-order valence-electron chi connectivity index (χ2n) is 9.43. The number of ether oxygens (including phenoxy) is 1. The summed E-state index contributed by atoms with van der Waals surface area (Å²) in [5.74, 6) is 0.228. The molecule has 2 aromatic heterocycles. The molecule has 1 aliphatic carbocycles. The van der Waals surface area contributed by atoms with Gasteiger partial charge in [0.1, 0.15) is 5.75 Å². The van der Waals surface area contributed by atoms with Crippen LogP contribution >= 0.6 is 11.3 Å². The highest BCUT2D eigenvalue weighted by Crippen LogP contribution is 2.43. The topological polar surface area (TPSA) is 68.6 Å². The van der Waals surface area contributed by atoms with Gasteiger partial charge < -0.3 is 4.74 Å². The maximum atomic E-state index is 12.8. The average Bonchev–Trinajstić information content (AvgIpc) is 3.23. The van der Waals surface area contributed by atoms with Gasteiger partial charge in [-0.25, -0.2) is 4.98 Å². The zero-order valence-corrected chi connectivity index (χ0v) is 20.8. The van der Waals surface area contributed by atoms with E-state index in [4.69, 9.17) is 9.72 Å². The van der Waals surface area contributed by atoms with Crippen molar-refractivity contribution in [2.45, 2.75) is 38.7 Å². The van der Waals surface area contributed by atoms with E-state index in [2.05, 4.69) is 48.5 Å². The molecular weight excluding hydrogens is 468 g/mol. The number of aromatic nitrogens is 1. The van der Waals surface area contributed by atoms with Crippen molar-refractivity contribution in [2.24, 2.45) is 5.18 Å². The summed E-state index contributed by atoms with van der Waals surface area (Å²) in [5.41, 5.74) is 4.89. The number of carbonyl (C=O) groups is 1. The number of amides is 1. The van der Waals surface area contributed by atoms with E-state index in [1.165, 1.54) is 5.56 Å². The van der Waals surface area contributed by atoms with Crippen LogP contribution in [0.15, 0.2) is 78.0 Å². The van der Waals surface area contributed by atoms with Crippen LogP contribution in [0.3, 0.4) is 0 Å². The molecule has 0 bridgehead atoms. The van der Waals surface area contributed by atoms with Gasteiger partial charge in [0.15, 0.2) is 0 Å². The molecule has 0 radical (unpaired) electrons. The van der Waals surface area contributed by atoms with Crippen LogP contribution in [0, 0.1) is 18.8 Å². The molecule has 36 heavy (non-hydrogen) atoms. The van der Waals surface area contributed by atoms with Gasteiger partial charge in [-0.15, -0.1) is 16.2 Å². The Morgan fingerprint density at radius 3 is 2.50 bits per heavy atom. The zero-order chi connectivity index (χ0) is 24.8. The number of aryl methyl sites for hydroxylation is 2. The largest absolute Gasteiger partial charge is 0.490 e. The molecule has 5 nitrogen and oxygen atoms in total. The summed E-state index contributed by atoms with van der Waals surface area (Å²) in [4.78, 5) is 30.2. The Labute approximate surface area is 212 Å². The van der Waals surface area contributed by atoms with Gasteiger partial charge in [-0.05, 0) is 72.9 Å². The Balaban J connectivity index is 1.43. The lowest BCUT2D eigenvalue weighted by molar-refractivity contribution is 0.0981. The van der Waals surface area contributed by atoms with Gasteiger partial charge in [0.05, 0.1) is 33.1 Å². The Bertz CT molecular complexity index is 1640. The average molecular weight is 493 g/mol. The molecule has 0 N–H and O–H groups in total. The highest BCUT2D eigenvalue weighted by atomic mass is 32.1. The SMILES string of the molecule is Cc1c(-c2cc(C(=O)N=O)c3c(OC4CC(c5ccccc5)C4)ccc(C)c3n2)sc2ccccc12. The van der Waals surface area contributed by atoms with Crippen LogP contribution < -0.4 is 4.74 Å². The lowest BCUT2D eigenvalue weighted by Gasteiger charge is -2.36. The molecule has 6 rings (SSSR count). The lowest BCUT2D eigenvalue weighted by atomic mass is 9.77. The first-order valence-electron chi connectivity index (χ1n) is 12.1. The monoisotopic (exact) mass is 492 g/mol. The number of nitroso groups, excluding NO2 is 1. The number of thiophene rings is 1. The van der Waals surface area contributed by atoms with E-state index >= 15 is 0 Å². The number of hydrogen-bond acceptors (Lipinski definition) is 5. The van der Waals surface area contributed by atoms with Crippen molar-refractivity contribution in [3.63, 3.8) is 0 Å². The van der Waals surface area contributed by atoms with Gasteiger partial charge in [0.2, 0.25) is 0 Å². The first-order valence-corrected chi connectivity index (χ1v) is 12.9. The van der Waals surface area contributed by atoms with Gasteiger partial charge in [-0.2, -0.15) is 0 Å². The fourth-order valence-electron chi connectivity index (χ4n) is 5.13. The van der Waals surface area contributed by atoms with Gasteiger partial charge in [0, 0.05) is 9.88 Å². The molecule has 1 saturated carbocycles. The third kappa shape index (κ3) is 3.78. The highest BCUT2D eigenvalue weighted by Gasteiger charge is 2.33. The fourth-order valence-corrected chi connectivity index (χ4v) is 6.30. The van der Waals surface area contributed by atoms with Gasteiger partial charge in [0.25, 0.3) is 0 Å². The van der Waals surface area contributed by atoms with E-state index in [9.17, 15) is 9.70 Å². The Hall–Kier alpha value is -3.90. The molecule has 178 valence electrons. The summed E-state index contributed by atoms with van der Waals surface area (Å²) in [6.07, 6.45) is 1.85. The van der Waals surface area contributed by atoms with Crippen LogP contribution in [0.5, 0.6) is 5.75 Å². The first-order chi connectivity index (χ1) is 17.5. The second-order valence-corrected chi connectivity index (χ2v) is 10.5. The molecule has 1 fully saturated rings. The molecule has 3 aromatic carbocycles. The van der Waals surface area contributed by atoms with Crippen LogP contribution in [0.25, 0.3) is 31.6 Å². The quantitative estimate of drug-likeness (QED) is 0.233. The van der Waals surface area contributed by atoms with E-state index in [0.29, 0.717) is 28.3 Å². The van der Waals surface area contributed by atoms with E-state index in [1.807, 2.05) is 37.3 Å².